The van der Waals surface area contributed by atoms with Gasteiger partial charge in [-0.2, -0.15) is 0 Å². The maximum atomic E-state index is 12.5. The lowest BCUT2D eigenvalue weighted by atomic mass is 9.51. The summed E-state index contributed by atoms with van der Waals surface area (Å²) in [5.41, 5.74) is 0.599. The molecule has 2 bridgehead atoms. The van der Waals surface area contributed by atoms with Gasteiger partial charge in [-0.05, 0) is 37.6 Å². The molecule has 5 unspecified atom stereocenters. The molecule has 0 aromatic carbocycles. The zero-order valence-electron chi connectivity index (χ0n) is 11.7. The van der Waals surface area contributed by atoms with E-state index in [0.29, 0.717) is 0 Å². The minimum atomic E-state index is -0.618. The molecule has 2 heterocycles. The number of ketones is 1. The van der Waals surface area contributed by atoms with Gasteiger partial charge in [0, 0.05) is 12.1 Å². The highest BCUT2D eigenvalue weighted by Crippen LogP contribution is 2.57. The SMILES string of the molecule is CC1CC23C4=C(O)C(=O)C(C1O)C2CCCN3CC=C4. The van der Waals surface area contributed by atoms with Crippen LogP contribution in [0.5, 0.6) is 0 Å². The minimum Gasteiger partial charge on any atom is -0.504 e. The standard InChI is InChI=1S/C16H21NO3/c1-9-8-16-10-4-2-6-17(16)7-3-5-11(16)14(19)15(20)12(10)13(9)18/h3,5,9-10,12-13,18-19H,2,4,6-8H2,1H3. The lowest BCUT2D eigenvalue weighted by Crippen LogP contribution is -2.69. The number of piperidine rings is 1. The van der Waals surface area contributed by atoms with Crippen LogP contribution in [0.1, 0.15) is 26.2 Å². The topological polar surface area (TPSA) is 60.8 Å². The summed E-state index contributed by atoms with van der Waals surface area (Å²) in [6.45, 7) is 3.93. The first-order valence-corrected chi connectivity index (χ1v) is 7.65. The van der Waals surface area contributed by atoms with E-state index in [4.69, 9.17) is 0 Å². The van der Waals surface area contributed by atoms with Crippen molar-refractivity contribution in [3.05, 3.63) is 23.5 Å². The van der Waals surface area contributed by atoms with Gasteiger partial charge >= 0.3 is 0 Å². The van der Waals surface area contributed by atoms with Gasteiger partial charge in [-0.3, -0.25) is 9.69 Å². The molecule has 2 N–H and O–H groups in total. The Bertz CT molecular complexity index is 538. The summed E-state index contributed by atoms with van der Waals surface area (Å²) in [5.74, 6) is -0.508. The second-order valence-electron chi connectivity index (χ2n) is 6.85. The third kappa shape index (κ3) is 1.27. The monoisotopic (exact) mass is 275 g/mol. The van der Waals surface area contributed by atoms with E-state index in [9.17, 15) is 15.0 Å². The molecule has 0 amide bonds. The van der Waals surface area contributed by atoms with Gasteiger partial charge in [0.2, 0.25) is 5.78 Å². The largest absolute Gasteiger partial charge is 0.504 e. The van der Waals surface area contributed by atoms with Gasteiger partial charge in [-0.1, -0.05) is 19.1 Å². The fourth-order valence-electron chi connectivity index (χ4n) is 5.22. The lowest BCUT2D eigenvalue weighted by Gasteiger charge is -2.62. The Morgan fingerprint density at radius 2 is 2.25 bits per heavy atom. The third-order valence-corrected chi connectivity index (χ3v) is 6.01. The number of carbonyl (C=O) groups excluding carboxylic acids is 1. The van der Waals surface area contributed by atoms with E-state index in [1.54, 1.807) is 0 Å². The van der Waals surface area contributed by atoms with Crippen LogP contribution in [0.4, 0.5) is 0 Å². The van der Waals surface area contributed by atoms with Gasteiger partial charge in [0.1, 0.15) is 0 Å². The smallest absolute Gasteiger partial charge is 0.203 e. The van der Waals surface area contributed by atoms with Gasteiger partial charge in [0.15, 0.2) is 5.76 Å². The van der Waals surface area contributed by atoms with Gasteiger partial charge in [-0.25, -0.2) is 0 Å². The molecule has 1 saturated heterocycles. The van der Waals surface area contributed by atoms with E-state index in [0.717, 1.165) is 37.9 Å². The summed E-state index contributed by atoms with van der Waals surface area (Å²) in [6.07, 6.45) is 6.26. The number of Topliss-reactive ketones (excluding diaryl/α,β-unsaturated/α-hetero) is 1. The second-order valence-corrected chi connectivity index (χ2v) is 6.85. The zero-order valence-corrected chi connectivity index (χ0v) is 11.7. The van der Waals surface area contributed by atoms with Crippen molar-refractivity contribution in [3.63, 3.8) is 0 Å². The molecule has 1 spiro atoms. The zero-order chi connectivity index (χ0) is 14.1. The van der Waals surface area contributed by atoms with Crippen LogP contribution in [0.25, 0.3) is 0 Å². The molecule has 108 valence electrons. The number of allylic oxidation sites excluding steroid dienone is 1. The van der Waals surface area contributed by atoms with Gasteiger partial charge < -0.3 is 10.2 Å². The van der Waals surface area contributed by atoms with Crippen molar-refractivity contribution in [2.45, 2.75) is 37.8 Å². The maximum absolute atomic E-state index is 12.5. The van der Waals surface area contributed by atoms with E-state index >= 15 is 0 Å². The average molecular weight is 275 g/mol. The normalized spacial score (nSPS) is 47.4. The fourth-order valence-corrected chi connectivity index (χ4v) is 5.22. The molecule has 0 radical (unpaired) electrons. The first kappa shape index (κ1) is 12.6. The number of hydrogen-bond acceptors (Lipinski definition) is 4. The van der Waals surface area contributed by atoms with Crippen molar-refractivity contribution in [2.75, 3.05) is 13.1 Å². The molecular formula is C16H21NO3. The van der Waals surface area contributed by atoms with E-state index in [1.807, 2.05) is 19.1 Å². The number of rotatable bonds is 0. The Morgan fingerprint density at radius 1 is 1.45 bits per heavy atom. The summed E-state index contributed by atoms with van der Waals surface area (Å²) in [6, 6.07) is 0. The van der Waals surface area contributed by atoms with Crippen molar-refractivity contribution in [1.82, 2.24) is 4.90 Å². The van der Waals surface area contributed by atoms with Gasteiger partial charge in [-0.15, -0.1) is 0 Å². The van der Waals surface area contributed by atoms with E-state index < -0.39 is 12.0 Å². The number of nitrogens with zero attached hydrogens (tertiary/aromatic N) is 1. The Morgan fingerprint density at radius 3 is 3.05 bits per heavy atom. The van der Waals surface area contributed by atoms with Crippen LogP contribution in [-0.2, 0) is 4.79 Å². The molecule has 20 heavy (non-hydrogen) atoms. The Labute approximate surface area is 118 Å². The predicted molar refractivity (Wildman–Crippen MR) is 74.1 cm³/mol. The van der Waals surface area contributed by atoms with Crippen LogP contribution in [-0.4, -0.2) is 45.6 Å². The summed E-state index contributed by atoms with van der Waals surface area (Å²) in [5, 5.41) is 20.9. The van der Waals surface area contributed by atoms with Crippen LogP contribution in [0.2, 0.25) is 0 Å². The number of aliphatic hydroxyl groups excluding tert-OH is 2. The summed E-state index contributed by atoms with van der Waals surface area (Å²) in [7, 11) is 0. The Kier molecular flexibility index (Phi) is 2.49. The van der Waals surface area contributed by atoms with Crippen molar-refractivity contribution < 1.29 is 15.0 Å². The molecule has 5 atom stereocenters. The van der Waals surface area contributed by atoms with Crippen LogP contribution in [0.3, 0.4) is 0 Å². The quantitative estimate of drug-likeness (QED) is 0.702. The summed E-state index contributed by atoms with van der Waals surface area (Å²) in [4.78, 5) is 14.9. The summed E-state index contributed by atoms with van der Waals surface area (Å²) < 4.78 is 0. The highest BCUT2D eigenvalue weighted by Gasteiger charge is 2.63. The molecule has 4 aliphatic rings. The first-order chi connectivity index (χ1) is 9.57. The van der Waals surface area contributed by atoms with Crippen LogP contribution < -0.4 is 0 Å². The maximum Gasteiger partial charge on any atom is 0.203 e. The van der Waals surface area contributed by atoms with E-state index in [2.05, 4.69) is 4.90 Å². The van der Waals surface area contributed by atoms with Gasteiger partial charge in [0.05, 0.1) is 17.6 Å². The molecule has 4 heteroatoms. The van der Waals surface area contributed by atoms with Crippen molar-refractivity contribution >= 4 is 5.78 Å². The van der Waals surface area contributed by atoms with Crippen LogP contribution in [0.15, 0.2) is 23.5 Å². The molecule has 2 aliphatic carbocycles. The van der Waals surface area contributed by atoms with Crippen molar-refractivity contribution in [1.29, 1.82) is 0 Å². The Balaban J connectivity index is 1.98. The average Bonchev–Trinajstić information content (AvgIpc) is 2.44. The third-order valence-electron chi connectivity index (χ3n) is 6.01. The highest BCUT2D eigenvalue weighted by atomic mass is 16.3. The number of aliphatic hydroxyl groups is 2. The fraction of sp³-hybridized carbons (Fsp3) is 0.688. The molecule has 0 aromatic heterocycles. The highest BCUT2D eigenvalue weighted by molar-refractivity contribution is 5.99. The first-order valence-electron chi connectivity index (χ1n) is 7.65. The molecule has 2 aliphatic heterocycles. The van der Waals surface area contributed by atoms with E-state index in [1.165, 1.54) is 0 Å². The second kappa shape index (κ2) is 3.95. The van der Waals surface area contributed by atoms with Crippen LogP contribution in [0, 0.1) is 17.8 Å². The molecule has 4 rings (SSSR count). The molecule has 1 saturated carbocycles. The number of hydrogen-bond donors (Lipinski definition) is 2. The van der Waals surface area contributed by atoms with Crippen LogP contribution >= 0.6 is 0 Å². The minimum absolute atomic E-state index is 0.0930. The summed E-state index contributed by atoms with van der Waals surface area (Å²) >= 11 is 0. The van der Waals surface area contributed by atoms with E-state index in [-0.39, 0.29) is 28.9 Å². The molecule has 2 fully saturated rings. The van der Waals surface area contributed by atoms with Crippen molar-refractivity contribution in [2.24, 2.45) is 17.8 Å². The lowest BCUT2D eigenvalue weighted by molar-refractivity contribution is -0.153. The predicted octanol–water partition coefficient (Wildman–Crippen LogP) is 1.42. The number of carbonyl (C=O) groups is 1. The molecular weight excluding hydrogens is 254 g/mol. The molecule has 0 aromatic rings. The van der Waals surface area contributed by atoms with Crippen molar-refractivity contribution in [3.8, 4) is 0 Å². The molecule has 4 nitrogen and oxygen atoms in total. The van der Waals surface area contributed by atoms with Gasteiger partial charge in [0.25, 0.3) is 0 Å². The Hall–Kier alpha value is -1.13.